The van der Waals surface area contributed by atoms with E-state index < -0.39 is 24.7 Å². The molecule has 0 spiro atoms. The van der Waals surface area contributed by atoms with Crippen LogP contribution in [-0.2, 0) is 4.79 Å². The molecule has 21 heavy (non-hydrogen) atoms. The van der Waals surface area contributed by atoms with Crippen molar-refractivity contribution in [3.8, 4) is 0 Å². The van der Waals surface area contributed by atoms with Crippen molar-refractivity contribution in [2.45, 2.75) is 24.9 Å². The molecule has 116 valence electrons. The summed E-state index contributed by atoms with van der Waals surface area (Å²) in [5.41, 5.74) is 2.19. The topological polar surface area (TPSA) is 58.2 Å². The summed E-state index contributed by atoms with van der Waals surface area (Å²) in [6, 6.07) is 4.49. The van der Waals surface area contributed by atoms with Crippen molar-refractivity contribution in [1.29, 1.82) is 0 Å². The Hall–Kier alpha value is -1.70. The standard InChI is InChI=1S/C13H15F3N2O2S/c1-8-3-4-10(5-9(8)2)21-6-11(19)18-12(20)17-7-13(14,15)16/h3-5H,6-7H2,1-2H3,(H2,17,18,19,20). The molecule has 0 saturated carbocycles. The highest BCUT2D eigenvalue weighted by molar-refractivity contribution is 8.00. The first-order valence-electron chi connectivity index (χ1n) is 6.02. The minimum Gasteiger partial charge on any atom is -0.329 e. The second-order valence-electron chi connectivity index (χ2n) is 4.38. The summed E-state index contributed by atoms with van der Waals surface area (Å²) >= 11 is 1.20. The molecule has 0 aromatic heterocycles. The molecular weight excluding hydrogens is 305 g/mol. The molecule has 0 bridgehead atoms. The van der Waals surface area contributed by atoms with Crippen molar-refractivity contribution in [3.63, 3.8) is 0 Å². The van der Waals surface area contributed by atoms with Gasteiger partial charge in [-0.3, -0.25) is 10.1 Å². The largest absolute Gasteiger partial charge is 0.405 e. The van der Waals surface area contributed by atoms with Crippen LogP contribution in [0.2, 0.25) is 0 Å². The Balaban J connectivity index is 2.37. The summed E-state index contributed by atoms with van der Waals surface area (Å²) in [4.78, 5) is 23.3. The highest BCUT2D eigenvalue weighted by atomic mass is 32.2. The van der Waals surface area contributed by atoms with Gasteiger partial charge in [0.2, 0.25) is 5.91 Å². The first-order valence-corrected chi connectivity index (χ1v) is 7.00. The van der Waals surface area contributed by atoms with E-state index in [9.17, 15) is 22.8 Å². The Labute approximate surface area is 124 Å². The zero-order valence-electron chi connectivity index (χ0n) is 11.5. The number of thioether (sulfide) groups is 1. The average molecular weight is 320 g/mol. The lowest BCUT2D eigenvalue weighted by atomic mass is 10.1. The van der Waals surface area contributed by atoms with E-state index in [2.05, 4.69) is 0 Å². The summed E-state index contributed by atoms with van der Waals surface area (Å²) in [5.74, 6) is -0.708. The highest BCUT2D eigenvalue weighted by Gasteiger charge is 2.27. The van der Waals surface area contributed by atoms with E-state index in [-0.39, 0.29) is 5.75 Å². The van der Waals surface area contributed by atoms with Gasteiger partial charge in [0, 0.05) is 4.90 Å². The first kappa shape index (κ1) is 17.4. The van der Waals surface area contributed by atoms with Gasteiger partial charge in [0.05, 0.1) is 5.75 Å². The Kier molecular flexibility index (Phi) is 6.07. The molecule has 0 unspecified atom stereocenters. The number of aryl methyl sites for hydroxylation is 2. The molecule has 2 N–H and O–H groups in total. The first-order chi connectivity index (χ1) is 9.67. The number of hydrogen-bond donors (Lipinski definition) is 2. The number of hydrogen-bond acceptors (Lipinski definition) is 3. The number of carbonyl (C=O) groups excluding carboxylic acids is 2. The van der Waals surface area contributed by atoms with Crippen molar-refractivity contribution >= 4 is 23.7 Å². The molecule has 3 amide bonds. The Morgan fingerprint density at radius 2 is 1.86 bits per heavy atom. The van der Waals surface area contributed by atoms with E-state index in [1.807, 2.05) is 37.4 Å². The van der Waals surface area contributed by atoms with Crippen LogP contribution in [0.15, 0.2) is 23.1 Å². The van der Waals surface area contributed by atoms with Crippen LogP contribution in [0.25, 0.3) is 0 Å². The quantitative estimate of drug-likeness (QED) is 0.839. The van der Waals surface area contributed by atoms with Crippen LogP contribution in [0.5, 0.6) is 0 Å². The van der Waals surface area contributed by atoms with Crippen molar-refractivity contribution < 1.29 is 22.8 Å². The van der Waals surface area contributed by atoms with Gasteiger partial charge in [-0.2, -0.15) is 13.2 Å². The molecule has 0 saturated heterocycles. The number of alkyl halides is 3. The summed E-state index contributed by atoms with van der Waals surface area (Å²) in [6.45, 7) is 2.42. The molecule has 0 radical (unpaired) electrons. The van der Waals surface area contributed by atoms with E-state index >= 15 is 0 Å². The number of urea groups is 1. The predicted molar refractivity (Wildman–Crippen MR) is 74.2 cm³/mol. The number of benzene rings is 1. The number of imide groups is 1. The molecule has 0 aliphatic heterocycles. The third kappa shape index (κ3) is 7.03. The minimum atomic E-state index is -4.51. The van der Waals surface area contributed by atoms with Gasteiger partial charge in [0.1, 0.15) is 6.54 Å². The van der Waals surface area contributed by atoms with Gasteiger partial charge in [0.25, 0.3) is 0 Å². The number of rotatable bonds is 4. The van der Waals surface area contributed by atoms with Gasteiger partial charge < -0.3 is 5.32 Å². The second kappa shape index (κ2) is 7.35. The van der Waals surface area contributed by atoms with Gasteiger partial charge in [-0.1, -0.05) is 6.07 Å². The van der Waals surface area contributed by atoms with Crippen LogP contribution in [0.3, 0.4) is 0 Å². The van der Waals surface area contributed by atoms with E-state index in [0.717, 1.165) is 16.0 Å². The molecule has 0 atom stereocenters. The lowest BCUT2D eigenvalue weighted by molar-refractivity contribution is -0.124. The maximum absolute atomic E-state index is 11.9. The SMILES string of the molecule is Cc1ccc(SCC(=O)NC(=O)NCC(F)(F)F)cc1C. The van der Waals surface area contributed by atoms with Crippen LogP contribution in [0, 0.1) is 13.8 Å². The minimum absolute atomic E-state index is 0.0536. The summed E-state index contributed by atoms with van der Waals surface area (Å²) in [7, 11) is 0. The number of nitrogens with one attached hydrogen (secondary N) is 2. The van der Waals surface area contributed by atoms with Crippen LogP contribution >= 0.6 is 11.8 Å². The third-order valence-corrected chi connectivity index (χ3v) is 3.54. The normalized spacial score (nSPS) is 11.1. The van der Waals surface area contributed by atoms with Crippen LogP contribution in [-0.4, -0.2) is 30.4 Å². The summed E-state index contributed by atoms with van der Waals surface area (Å²) in [6.07, 6.45) is -4.51. The molecular formula is C13H15F3N2O2S. The van der Waals surface area contributed by atoms with Crippen LogP contribution in [0.1, 0.15) is 11.1 Å². The number of halogens is 3. The fourth-order valence-electron chi connectivity index (χ4n) is 1.34. The van der Waals surface area contributed by atoms with Crippen molar-refractivity contribution in [3.05, 3.63) is 29.3 Å². The highest BCUT2D eigenvalue weighted by Crippen LogP contribution is 2.20. The number of amides is 3. The Morgan fingerprint density at radius 1 is 1.19 bits per heavy atom. The molecule has 1 aromatic carbocycles. The molecule has 0 aliphatic rings. The maximum atomic E-state index is 11.9. The zero-order valence-corrected chi connectivity index (χ0v) is 12.3. The summed E-state index contributed by atoms with van der Waals surface area (Å²) < 4.78 is 35.6. The molecule has 0 fully saturated rings. The van der Waals surface area contributed by atoms with Crippen molar-refractivity contribution in [2.24, 2.45) is 0 Å². The van der Waals surface area contributed by atoms with Gasteiger partial charge in [-0.05, 0) is 37.1 Å². The van der Waals surface area contributed by atoms with E-state index in [0.29, 0.717) is 0 Å². The average Bonchev–Trinajstić information content (AvgIpc) is 2.37. The van der Waals surface area contributed by atoms with Gasteiger partial charge >= 0.3 is 12.2 Å². The fraction of sp³-hybridized carbons (Fsp3) is 0.385. The zero-order chi connectivity index (χ0) is 16.0. The summed E-state index contributed by atoms with van der Waals surface area (Å²) in [5, 5.41) is 3.40. The van der Waals surface area contributed by atoms with E-state index in [1.54, 1.807) is 5.32 Å². The third-order valence-electron chi connectivity index (χ3n) is 2.55. The molecule has 1 rings (SSSR count). The van der Waals surface area contributed by atoms with Crippen LogP contribution in [0.4, 0.5) is 18.0 Å². The lowest BCUT2D eigenvalue weighted by Gasteiger charge is -2.09. The van der Waals surface area contributed by atoms with Gasteiger partial charge in [-0.25, -0.2) is 4.79 Å². The second-order valence-corrected chi connectivity index (χ2v) is 5.43. The lowest BCUT2D eigenvalue weighted by Crippen LogP contribution is -2.43. The van der Waals surface area contributed by atoms with Gasteiger partial charge in [0.15, 0.2) is 0 Å². The fourth-order valence-corrected chi connectivity index (χ4v) is 2.13. The molecule has 0 heterocycles. The van der Waals surface area contributed by atoms with Crippen LogP contribution < -0.4 is 10.6 Å². The smallest absolute Gasteiger partial charge is 0.329 e. The van der Waals surface area contributed by atoms with Crippen molar-refractivity contribution in [2.75, 3.05) is 12.3 Å². The van der Waals surface area contributed by atoms with Gasteiger partial charge in [-0.15, -0.1) is 11.8 Å². The molecule has 1 aromatic rings. The molecule has 0 aliphatic carbocycles. The maximum Gasteiger partial charge on any atom is 0.405 e. The van der Waals surface area contributed by atoms with E-state index in [1.165, 1.54) is 11.8 Å². The van der Waals surface area contributed by atoms with E-state index in [4.69, 9.17) is 0 Å². The molecule has 4 nitrogen and oxygen atoms in total. The predicted octanol–water partition coefficient (Wildman–Crippen LogP) is 2.78. The Morgan fingerprint density at radius 3 is 2.43 bits per heavy atom. The Bertz CT molecular complexity index is 533. The molecule has 8 heteroatoms. The van der Waals surface area contributed by atoms with Crippen molar-refractivity contribution in [1.82, 2.24) is 10.6 Å². The monoisotopic (exact) mass is 320 g/mol. The number of carbonyl (C=O) groups is 2.